The third-order valence-corrected chi connectivity index (χ3v) is 5.52. The molecule has 0 unspecified atom stereocenters. The van der Waals surface area contributed by atoms with Crippen LogP contribution in [0.3, 0.4) is 0 Å². The maximum atomic E-state index is 12.8. The summed E-state index contributed by atoms with van der Waals surface area (Å²) < 4.78 is 0.918. The molecule has 2 aromatic heterocycles. The Labute approximate surface area is 176 Å². The summed E-state index contributed by atoms with van der Waals surface area (Å²) in [6.07, 6.45) is 4.65. The van der Waals surface area contributed by atoms with E-state index in [1.165, 1.54) is 0 Å². The van der Waals surface area contributed by atoms with Gasteiger partial charge in [-0.3, -0.25) is 19.7 Å². The zero-order valence-electron chi connectivity index (χ0n) is 15.6. The van der Waals surface area contributed by atoms with Crippen LogP contribution in [0.1, 0.15) is 23.3 Å². The lowest BCUT2D eigenvalue weighted by atomic mass is 9.95. The van der Waals surface area contributed by atoms with Gasteiger partial charge in [0.05, 0.1) is 5.69 Å². The van der Waals surface area contributed by atoms with Crippen molar-refractivity contribution in [3.63, 3.8) is 0 Å². The average Bonchev–Trinajstić information content (AvgIpc) is 3.24. The number of nitrogens with one attached hydrogen (secondary N) is 2. The van der Waals surface area contributed by atoms with Crippen LogP contribution in [0.25, 0.3) is 11.3 Å². The van der Waals surface area contributed by atoms with Gasteiger partial charge in [-0.05, 0) is 49.2 Å². The van der Waals surface area contributed by atoms with Gasteiger partial charge in [0.2, 0.25) is 5.91 Å². The quantitative estimate of drug-likeness (QED) is 0.629. The van der Waals surface area contributed by atoms with Crippen LogP contribution in [0.2, 0.25) is 0 Å². The van der Waals surface area contributed by atoms with E-state index in [4.69, 9.17) is 0 Å². The van der Waals surface area contributed by atoms with E-state index in [1.54, 1.807) is 23.4 Å². The summed E-state index contributed by atoms with van der Waals surface area (Å²) in [5, 5.41) is 10.0. The topological polar surface area (TPSA) is 91.0 Å². The number of H-pyrrole nitrogens is 1. The standard InChI is InChI=1S/C21H20BrN5O2/c22-16-2-1-3-17(12-16)24-20(28)15-6-10-27(11-7-15)21(29)19-13-18(25-26-19)14-4-8-23-9-5-14/h1-5,8-9,12-13,15H,6-7,10-11H2,(H,24,28)(H,25,26). The number of pyridine rings is 1. The van der Waals surface area contributed by atoms with Gasteiger partial charge in [0.15, 0.2) is 0 Å². The Morgan fingerprint density at radius 3 is 2.59 bits per heavy atom. The third-order valence-electron chi connectivity index (χ3n) is 5.03. The van der Waals surface area contributed by atoms with E-state index >= 15 is 0 Å². The molecule has 4 rings (SSSR count). The SMILES string of the molecule is O=C(Nc1cccc(Br)c1)C1CCN(C(=O)c2cc(-c3ccncc3)n[nH]2)CC1. The second-order valence-electron chi connectivity index (χ2n) is 6.97. The first-order valence-electron chi connectivity index (χ1n) is 9.41. The first-order chi connectivity index (χ1) is 14.1. The monoisotopic (exact) mass is 453 g/mol. The number of anilines is 1. The molecule has 0 aliphatic carbocycles. The largest absolute Gasteiger partial charge is 0.337 e. The van der Waals surface area contributed by atoms with E-state index < -0.39 is 0 Å². The minimum absolute atomic E-state index is 0.00304. The highest BCUT2D eigenvalue weighted by molar-refractivity contribution is 9.10. The highest BCUT2D eigenvalue weighted by atomic mass is 79.9. The number of hydrogen-bond donors (Lipinski definition) is 2. The van der Waals surface area contributed by atoms with Crippen LogP contribution in [0.15, 0.2) is 59.3 Å². The number of piperidine rings is 1. The predicted molar refractivity (Wildman–Crippen MR) is 113 cm³/mol. The summed E-state index contributed by atoms with van der Waals surface area (Å²) in [6.45, 7) is 1.08. The summed E-state index contributed by atoms with van der Waals surface area (Å²) >= 11 is 3.40. The van der Waals surface area contributed by atoms with Gasteiger partial charge in [0.1, 0.15) is 5.69 Å². The Kier molecular flexibility index (Phi) is 5.71. The second kappa shape index (κ2) is 8.57. The van der Waals surface area contributed by atoms with Gasteiger partial charge in [0, 0.05) is 47.1 Å². The number of carbonyl (C=O) groups is 2. The van der Waals surface area contributed by atoms with Crippen LogP contribution >= 0.6 is 15.9 Å². The fraction of sp³-hybridized carbons (Fsp3) is 0.238. The van der Waals surface area contributed by atoms with Gasteiger partial charge in [-0.1, -0.05) is 22.0 Å². The fourth-order valence-electron chi connectivity index (χ4n) is 3.43. The zero-order valence-corrected chi connectivity index (χ0v) is 17.2. The predicted octanol–water partition coefficient (Wildman–Crippen LogP) is 3.73. The number of aromatic nitrogens is 3. The average molecular weight is 454 g/mol. The summed E-state index contributed by atoms with van der Waals surface area (Å²) in [7, 11) is 0. The summed E-state index contributed by atoms with van der Waals surface area (Å²) in [6, 6.07) is 13.0. The molecule has 3 heterocycles. The highest BCUT2D eigenvalue weighted by Crippen LogP contribution is 2.23. The van der Waals surface area contributed by atoms with Crippen LogP contribution < -0.4 is 5.32 Å². The number of halogens is 1. The normalized spacial score (nSPS) is 14.6. The minimum Gasteiger partial charge on any atom is -0.337 e. The third kappa shape index (κ3) is 4.54. The molecule has 2 N–H and O–H groups in total. The first-order valence-corrected chi connectivity index (χ1v) is 10.2. The van der Waals surface area contributed by atoms with Crippen molar-refractivity contribution in [1.29, 1.82) is 0 Å². The van der Waals surface area contributed by atoms with Crippen LogP contribution in [-0.4, -0.2) is 45.0 Å². The molecule has 0 spiro atoms. The van der Waals surface area contributed by atoms with Gasteiger partial charge in [-0.15, -0.1) is 0 Å². The summed E-state index contributed by atoms with van der Waals surface area (Å²) in [5.41, 5.74) is 2.83. The Morgan fingerprint density at radius 2 is 1.86 bits per heavy atom. The molecule has 0 saturated carbocycles. The van der Waals surface area contributed by atoms with Crippen molar-refractivity contribution in [3.05, 3.63) is 65.0 Å². The molecule has 0 radical (unpaired) electrons. The van der Waals surface area contributed by atoms with Gasteiger partial charge in [0.25, 0.3) is 5.91 Å². The molecule has 1 aromatic carbocycles. The minimum atomic E-state index is -0.104. The number of nitrogens with zero attached hydrogens (tertiary/aromatic N) is 3. The molecule has 7 nitrogen and oxygen atoms in total. The number of aromatic amines is 1. The molecular weight excluding hydrogens is 434 g/mol. The van der Waals surface area contributed by atoms with Crippen molar-refractivity contribution in [2.45, 2.75) is 12.8 Å². The molecule has 3 aromatic rings. The number of carbonyl (C=O) groups excluding carboxylic acids is 2. The van der Waals surface area contributed by atoms with E-state index in [0.29, 0.717) is 37.3 Å². The molecule has 0 bridgehead atoms. The fourth-order valence-corrected chi connectivity index (χ4v) is 3.83. The van der Waals surface area contributed by atoms with Crippen molar-refractivity contribution in [1.82, 2.24) is 20.1 Å². The Bertz CT molecular complexity index is 1010. The lowest BCUT2D eigenvalue weighted by molar-refractivity contribution is -0.121. The smallest absolute Gasteiger partial charge is 0.271 e. The number of hydrogen-bond acceptors (Lipinski definition) is 4. The van der Waals surface area contributed by atoms with E-state index in [1.807, 2.05) is 36.4 Å². The van der Waals surface area contributed by atoms with Crippen molar-refractivity contribution >= 4 is 33.4 Å². The van der Waals surface area contributed by atoms with Crippen molar-refractivity contribution in [2.75, 3.05) is 18.4 Å². The summed E-state index contributed by atoms with van der Waals surface area (Å²) in [4.78, 5) is 31.1. The van der Waals surface area contributed by atoms with Gasteiger partial charge in [-0.2, -0.15) is 5.10 Å². The number of benzene rings is 1. The van der Waals surface area contributed by atoms with Crippen molar-refractivity contribution in [3.8, 4) is 11.3 Å². The molecule has 0 atom stereocenters. The van der Waals surface area contributed by atoms with Crippen LogP contribution in [0.4, 0.5) is 5.69 Å². The molecule has 8 heteroatoms. The highest BCUT2D eigenvalue weighted by Gasteiger charge is 2.28. The first kappa shape index (κ1) is 19.3. The molecule has 2 amide bonds. The number of amides is 2. The van der Waals surface area contributed by atoms with Gasteiger partial charge in [-0.25, -0.2) is 0 Å². The lowest BCUT2D eigenvalue weighted by Crippen LogP contribution is -2.41. The molecule has 1 aliphatic heterocycles. The van der Waals surface area contributed by atoms with Crippen LogP contribution in [0, 0.1) is 5.92 Å². The van der Waals surface area contributed by atoms with Crippen molar-refractivity contribution < 1.29 is 9.59 Å². The molecular formula is C21H20BrN5O2. The Morgan fingerprint density at radius 1 is 1.10 bits per heavy atom. The van der Waals surface area contributed by atoms with E-state index in [-0.39, 0.29) is 17.7 Å². The van der Waals surface area contributed by atoms with Gasteiger partial charge < -0.3 is 10.2 Å². The molecule has 148 valence electrons. The molecule has 29 heavy (non-hydrogen) atoms. The van der Waals surface area contributed by atoms with Crippen LogP contribution in [-0.2, 0) is 4.79 Å². The lowest BCUT2D eigenvalue weighted by Gasteiger charge is -2.31. The number of rotatable bonds is 4. The maximum Gasteiger partial charge on any atom is 0.271 e. The second-order valence-corrected chi connectivity index (χ2v) is 7.88. The van der Waals surface area contributed by atoms with Crippen LogP contribution in [0.5, 0.6) is 0 Å². The van der Waals surface area contributed by atoms with E-state index in [0.717, 1.165) is 15.7 Å². The zero-order chi connectivity index (χ0) is 20.2. The Hall–Kier alpha value is -3.00. The Balaban J connectivity index is 1.34. The summed E-state index contributed by atoms with van der Waals surface area (Å²) in [5.74, 6) is -0.201. The number of likely N-dealkylation sites (tertiary alicyclic amines) is 1. The van der Waals surface area contributed by atoms with E-state index in [9.17, 15) is 9.59 Å². The van der Waals surface area contributed by atoms with Crippen molar-refractivity contribution in [2.24, 2.45) is 5.92 Å². The maximum absolute atomic E-state index is 12.8. The molecule has 1 saturated heterocycles. The van der Waals surface area contributed by atoms with E-state index in [2.05, 4.69) is 36.4 Å². The molecule has 1 aliphatic rings. The molecule has 1 fully saturated rings. The van der Waals surface area contributed by atoms with Gasteiger partial charge >= 0.3 is 0 Å².